The molecule has 3 heteroatoms. The zero-order chi connectivity index (χ0) is 9.68. The number of nitrogens with one attached hydrogen (secondary N) is 2. The normalized spacial score (nSPS) is 16.2. The van der Waals surface area contributed by atoms with Gasteiger partial charge in [-0.2, -0.15) is 0 Å². The Labute approximate surface area is 80.3 Å². The van der Waals surface area contributed by atoms with Crippen LogP contribution in [0.15, 0.2) is 0 Å². The molecule has 2 N–H and O–H groups in total. The Morgan fingerprint density at radius 1 is 1.46 bits per heavy atom. The molecule has 0 atom stereocenters. The molecule has 3 nitrogen and oxygen atoms in total. The molecule has 1 aliphatic carbocycles. The molecule has 0 bridgehead atoms. The van der Waals surface area contributed by atoms with E-state index < -0.39 is 0 Å². The van der Waals surface area contributed by atoms with Crippen LogP contribution in [0.25, 0.3) is 0 Å². The Hall–Kier alpha value is -0.570. The van der Waals surface area contributed by atoms with Crippen molar-refractivity contribution >= 4 is 5.91 Å². The molecule has 0 aliphatic heterocycles. The smallest absolute Gasteiger partial charge is 0.233 e. The molecular weight excluding hydrogens is 164 g/mol. The minimum Gasteiger partial charge on any atom is -0.355 e. The summed E-state index contributed by atoms with van der Waals surface area (Å²) in [6.07, 6.45) is 3.54. The minimum atomic E-state index is 0.132. The molecule has 1 fully saturated rings. The lowest BCUT2D eigenvalue weighted by Gasteiger charge is -2.07. The van der Waals surface area contributed by atoms with Crippen molar-refractivity contribution in [2.45, 2.75) is 39.2 Å². The zero-order valence-electron chi connectivity index (χ0n) is 8.60. The van der Waals surface area contributed by atoms with Gasteiger partial charge in [-0.05, 0) is 25.2 Å². The van der Waals surface area contributed by atoms with Crippen molar-refractivity contribution in [1.82, 2.24) is 10.6 Å². The van der Waals surface area contributed by atoms with Crippen LogP contribution in [0.2, 0.25) is 0 Å². The molecule has 0 unspecified atom stereocenters. The molecule has 0 aromatic carbocycles. The third kappa shape index (κ3) is 5.64. The molecule has 1 amide bonds. The minimum absolute atomic E-state index is 0.132. The van der Waals surface area contributed by atoms with Crippen LogP contribution in [-0.2, 0) is 4.79 Å². The SMILES string of the molecule is CC(C)CCNC(=O)CNC1CC1. The summed E-state index contributed by atoms with van der Waals surface area (Å²) in [7, 11) is 0. The van der Waals surface area contributed by atoms with E-state index in [2.05, 4.69) is 24.5 Å². The highest BCUT2D eigenvalue weighted by Gasteiger charge is 2.20. The average molecular weight is 184 g/mol. The summed E-state index contributed by atoms with van der Waals surface area (Å²) in [5, 5.41) is 6.08. The third-order valence-electron chi connectivity index (χ3n) is 2.17. The van der Waals surface area contributed by atoms with Crippen molar-refractivity contribution in [2.75, 3.05) is 13.1 Å². The van der Waals surface area contributed by atoms with Crippen LogP contribution in [0.5, 0.6) is 0 Å². The second kappa shape index (κ2) is 5.22. The number of carbonyl (C=O) groups is 1. The maximum absolute atomic E-state index is 11.2. The molecular formula is C10H20N2O. The number of hydrogen-bond acceptors (Lipinski definition) is 2. The predicted molar refractivity (Wildman–Crippen MR) is 53.5 cm³/mol. The van der Waals surface area contributed by atoms with Gasteiger partial charge in [0.2, 0.25) is 5.91 Å². The van der Waals surface area contributed by atoms with E-state index in [0.29, 0.717) is 18.5 Å². The molecule has 1 saturated carbocycles. The summed E-state index contributed by atoms with van der Waals surface area (Å²) >= 11 is 0. The molecule has 0 aromatic rings. The van der Waals surface area contributed by atoms with Crippen LogP contribution in [0.3, 0.4) is 0 Å². The fourth-order valence-electron chi connectivity index (χ4n) is 1.09. The Morgan fingerprint density at radius 2 is 2.15 bits per heavy atom. The third-order valence-corrected chi connectivity index (χ3v) is 2.17. The lowest BCUT2D eigenvalue weighted by atomic mass is 10.1. The van der Waals surface area contributed by atoms with Gasteiger partial charge in [0, 0.05) is 12.6 Å². The van der Waals surface area contributed by atoms with Crippen molar-refractivity contribution in [3.05, 3.63) is 0 Å². The molecule has 0 aromatic heterocycles. The summed E-state index contributed by atoms with van der Waals surface area (Å²) in [6.45, 7) is 5.62. The lowest BCUT2D eigenvalue weighted by Crippen LogP contribution is -2.35. The van der Waals surface area contributed by atoms with Gasteiger partial charge in [0.15, 0.2) is 0 Å². The standard InChI is InChI=1S/C10H20N2O/c1-8(2)5-6-11-10(13)7-12-9-3-4-9/h8-9,12H,3-7H2,1-2H3,(H,11,13). The van der Waals surface area contributed by atoms with E-state index in [1.54, 1.807) is 0 Å². The van der Waals surface area contributed by atoms with Gasteiger partial charge in [-0.25, -0.2) is 0 Å². The van der Waals surface area contributed by atoms with Gasteiger partial charge >= 0.3 is 0 Å². The zero-order valence-corrected chi connectivity index (χ0v) is 8.60. The fraction of sp³-hybridized carbons (Fsp3) is 0.900. The summed E-state index contributed by atoms with van der Waals surface area (Å²) in [5.41, 5.74) is 0. The molecule has 1 rings (SSSR count). The van der Waals surface area contributed by atoms with Gasteiger partial charge in [-0.15, -0.1) is 0 Å². The molecule has 13 heavy (non-hydrogen) atoms. The quantitative estimate of drug-likeness (QED) is 0.644. The van der Waals surface area contributed by atoms with Crippen molar-refractivity contribution < 1.29 is 4.79 Å². The second-order valence-electron chi connectivity index (χ2n) is 4.19. The maximum Gasteiger partial charge on any atom is 0.233 e. The molecule has 0 radical (unpaired) electrons. The van der Waals surface area contributed by atoms with E-state index in [0.717, 1.165) is 13.0 Å². The van der Waals surface area contributed by atoms with E-state index in [1.807, 2.05) is 0 Å². The number of carbonyl (C=O) groups excluding carboxylic acids is 1. The Morgan fingerprint density at radius 3 is 2.69 bits per heavy atom. The Balaban J connectivity index is 1.90. The fourth-order valence-corrected chi connectivity index (χ4v) is 1.09. The highest BCUT2D eigenvalue weighted by molar-refractivity contribution is 5.78. The van der Waals surface area contributed by atoms with E-state index in [4.69, 9.17) is 0 Å². The highest BCUT2D eigenvalue weighted by Crippen LogP contribution is 2.17. The Bertz CT molecular complexity index is 164. The van der Waals surface area contributed by atoms with Crippen molar-refractivity contribution in [3.63, 3.8) is 0 Å². The van der Waals surface area contributed by atoms with Crippen molar-refractivity contribution in [1.29, 1.82) is 0 Å². The molecule has 0 spiro atoms. The van der Waals surface area contributed by atoms with Crippen LogP contribution >= 0.6 is 0 Å². The van der Waals surface area contributed by atoms with Crippen molar-refractivity contribution in [2.24, 2.45) is 5.92 Å². The van der Waals surface area contributed by atoms with Gasteiger partial charge in [0.05, 0.1) is 6.54 Å². The Kier molecular flexibility index (Phi) is 4.22. The summed E-state index contributed by atoms with van der Waals surface area (Å²) in [5.74, 6) is 0.796. The largest absolute Gasteiger partial charge is 0.355 e. The van der Waals surface area contributed by atoms with Gasteiger partial charge in [0.1, 0.15) is 0 Å². The summed E-state index contributed by atoms with van der Waals surface area (Å²) < 4.78 is 0. The van der Waals surface area contributed by atoms with E-state index in [9.17, 15) is 4.79 Å². The molecule has 1 aliphatic rings. The molecule has 76 valence electrons. The first-order chi connectivity index (χ1) is 6.18. The predicted octanol–water partition coefficient (Wildman–Crippen LogP) is 0.901. The van der Waals surface area contributed by atoms with Crippen LogP contribution in [0, 0.1) is 5.92 Å². The van der Waals surface area contributed by atoms with Crippen LogP contribution in [-0.4, -0.2) is 25.0 Å². The van der Waals surface area contributed by atoms with E-state index in [-0.39, 0.29) is 5.91 Å². The summed E-state index contributed by atoms with van der Waals surface area (Å²) in [6, 6.07) is 0.621. The van der Waals surface area contributed by atoms with E-state index >= 15 is 0 Å². The van der Waals surface area contributed by atoms with Crippen LogP contribution < -0.4 is 10.6 Å². The van der Waals surface area contributed by atoms with Crippen LogP contribution in [0.4, 0.5) is 0 Å². The maximum atomic E-state index is 11.2. The molecule has 0 heterocycles. The first-order valence-corrected chi connectivity index (χ1v) is 5.18. The molecule has 0 saturated heterocycles. The number of rotatable bonds is 6. The van der Waals surface area contributed by atoms with Gasteiger partial charge < -0.3 is 10.6 Å². The average Bonchev–Trinajstić information content (AvgIpc) is 2.83. The van der Waals surface area contributed by atoms with Gasteiger partial charge in [-0.1, -0.05) is 13.8 Å². The lowest BCUT2D eigenvalue weighted by molar-refractivity contribution is -0.120. The first kappa shape index (κ1) is 10.5. The van der Waals surface area contributed by atoms with E-state index in [1.165, 1.54) is 12.8 Å². The topological polar surface area (TPSA) is 41.1 Å². The van der Waals surface area contributed by atoms with Gasteiger partial charge in [-0.3, -0.25) is 4.79 Å². The van der Waals surface area contributed by atoms with Crippen LogP contribution in [0.1, 0.15) is 33.1 Å². The first-order valence-electron chi connectivity index (χ1n) is 5.18. The summed E-state index contributed by atoms with van der Waals surface area (Å²) in [4.78, 5) is 11.2. The number of amides is 1. The monoisotopic (exact) mass is 184 g/mol. The second-order valence-corrected chi connectivity index (χ2v) is 4.19. The highest BCUT2D eigenvalue weighted by atomic mass is 16.1. The van der Waals surface area contributed by atoms with Crippen molar-refractivity contribution in [3.8, 4) is 0 Å². The van der Waals surface area contributed by atoms with Gasteiger partial charge in [0.25, 0.3) is 0 Å². The number of hydrogen-bond donors (Lipinski definition) is 2.